The van der Waals surface area contributed by atoms with Crippen molar-refractivity contribution < 1.29 is 36.9 Å². The minimum atomic E-state index is -5.08. The van der Waals surface area contributed by atoms with Crippen LogP contribution in [0.1, 0.15) is 12.0 Å². The number of thioether (sulfide) groups is 1. The molecule has 0 spiro atoms. The molecule has 0 unspecified atom stereocenters. The van der Waals surface area contributed by atoms with Crippen molar-refractivity contribution in [2.75, 3.05) is 19.0 Å². The maximum Gasteiger partial charge on any atom is 0.490 e. The van der Waals surface area contributed by atoms with Crippen LogP contribution in [0.4, 0.5) is 17.6 Å². The number of ether oxygens (including phenoxy) is 2. The molecule has 2 aromatic rings. The number of fused-ring (bicyclic) bond motifs is 1. The largest absolute Gasteiger partial charge is 0.490 e. The summed E-state index contributed by atoms with van der Waals surface area (Å²) in [4.78, 5) is 21.6. The van der Waals surface area contributed by atoms with Gasteiger partial charge in [0.1, 0.15) is 18.0 Å². The van der Waals surface area contributed by atoms with Gasteiger partial charge in [-0.3, -0.25) is 0 Å². The molecule has 3 N–H and O–H groups in total. The number of amidine groups is 1. The van der Waals surface area contributed by atoms with Crippen LogP contribution in [0, 0.1) is 11.7 Å². The van der Waals surface area contributed by atoms with E-state index in [1.54, 1.807) is 30.6 Å². The summed E-state index contributed by atoms with van der Waals surface area (Å²) in [6.07, 6.45) is -1.26. The fraction of sp³-hybridized carbons (Fsp3) is 0.400. The number of nitrogens with two attached hydrogens (primary N) is 1. The van der Waals surface area contributed by atoms with E-state index in [0.29, 0.717) is 29.8 Å². The minimum Gasteiger partial charge on any atom is -0.475 e. The van der Waals surface area contributed by atoms with Crippen molar-refractivity contribution in [2.45, 2.75) is 24.2 Å². The highest BCUT2D eigenvalue weighted by Crippen LogP contribution is 2.46. The molecule has 3 atom stereocenters. The number of rotatable bonds is 4. The van der Waals surface area contributed by atoms with Gasteiger partial charge in [0.15, 0.2) is 5.17 Å². The molecule has 0 radical (unpaired) electrons. The van der Waals surface area contributed by atoms with Crippen LogP contribution in [0.15, 0.2) is 47.7 Å². The number of carboxylic acid groups (broad SMARTS) is 1. The van der Waals surface area contributed by atoms with Crippen LogP contribution in [0.2, 0.25) is 0 Å². The normalized spacial score (nSPS) is 24.5. The van der Waals surface area contributed by atoms with Crippen molar-refractivity contribution in [1.29, 1.82) is 0 Å². The summed E-state index contributed by atoms with van der Waals surface area (Å²) in [6, 6.07) is 8.77. The number of carbonyl (C=O) groups is 1. The van der Waals surface area contributed by atoms with E-state index >= 15 is 0 Å². The fourth-order valence-corrected chi connectivity index (χ4v) is 4.51. The van der Waals surface area contributed by atoms with E-state index in [1.807, 2.05) is 6.07 Å². The second-order valence-electron chi connectivity index (χ2n) is 7.18. The SMILES string of the molecule is NC1=N[C@@]2(c3ccccc3F)CO[C@@H](COc3ncccn3)C[C@H]2CS1.O=C(O)C(F)(F)F. The Balaban J connectivity index is 0.000000383. The Kier molecular flexibility index (Phi) is 7.74. The maximum absolute atomic E-state index is 14.5. The van der Waals surface area contributed by atoms with Crippen LogP contribution in [-0.4, -0.2) is 57.5 Å². The Hall–Kier alpha value is -2.93. The van der Waals surface area contributed by atoms with Gasteiger partial charge in [-0.1, -0.05) is 30.0 Å². The molecular formula is C20H20F4N4O4S. The third-order valence-electron chi connectivity index (χ3n) is 5.03. The summed E-state index contributed by atoms with van der Waals surface area (Å²) >= 11 is 1.50. The second-order valence-corrected chi connectivity index (χ2v) is 8.22. The Labute approximate surface area is 190 Å². The molecule has 1 aromatic carbocycles. The lowest BCUT2D eigenvalue weighted by Gasteiger charge is -2.46. The highest BCUT2D eigenvalue weighted by Gasteiger charge is 2.49. The van der Waals surface area contributed by atoms with Crippen molar-refractivity contribution in [2.24, 2.45) is 16.6 Å². The highest BCUT2D eigenvalue weighted by molar-refractivity contribution is 8.13. The summed E-state index contributed by atoms with van der Waals surface area (Å²) < 4.78 is 57.9. The van der Waals surface area contributed by atoms with Gasteiger partial charge in [0, 0.05) is 29.6 Å². The first-order valence-corrected chi connectivity index (χ1v) is 10.6. The number of aromatic nitrogens is 2. The number of hydrogen-bond acceptors (Lipinski definition) is 8. The van der Waals surface area contributed by atoms with Gasteiger partial charge in [0.25, 0.3) is 0 Å². The lowest BCUT2D eigenvalue weighted by molar-refractivity contribution is -0.192. The lowest BCUT2D eigenvalue weighted by Crippen LogP contribution is -2.51. The summed E-state index contributed by atoms with van der Waals surface area (Å²) in [5, 5.41) is 7.60. The van der Waals surface area contributed by atoms with Crippen molar-refractivity contribution in [3.8, 4) is 6.01 Å². The zero-order chi connectivity index (χ0) is 24.1. The fourth-order valence-electron chi connectivity index (χ4n) is 3.50. The molecule has 33 heavy (non-hydrogen) atoms. The molecular weight excluding hydrogens is 468 g/mol. The molecule has 0 bridgehead atoms. The minimum absolute atomic E-state index is 0.107. The number of aliphatic imine (C=N–C) groups is 1. The quantitative estimate of drug-likeness (QED) is 0.631. The number of nitrogens with zero attached hydrogens (tertiary/aromatic N) is 3. The van der Waals surface area contributed by atoms with Crippen LogP contribution >= 0.6 is 11.8 Å². The number of alkyl halides is 3. The van der Waals surface area contributed by atoms with E-state index in [2.05, 4.69) is 15.0 Å². The summed E-state index contributed by atoms with van der Waals surface area (Å²) in [7, 11) is 0. The Bertz CT molecular complexity index is 996. The average Bonchev–Trinajstić information content (AvgIpc) is 2.78. The van der Waals surface area contributed by atoms with E-state index in [4.69, 9.17) is 25.1 Å². The van der Waals surface area contributed by atoms with Gasteiger partial charge in [-0.2, -0.15) is 13.2 Å². The molecule has 1 saturated heterocycles. The lowest BCUT2D eigenvalue weighted by atomic mass is 9.75. The first-order valence-electron chi connectivity index (χ1n) is 9.66. The van der Waals surface area contributed by atoms with Crippen molar-refractivity contribution in [3.05, 3.63) is 54.1 Å². The van der Waals surface area contributed by atoms with Gasteiger partial charge in [0.05, 0.1) is 12.7 Å². The van der Waals surface area contributed by atoms with E-state index in [-0.39, 0.29) is 24.4 Å². The Morgan fingerprint density at radius 2 is 1.94 bits per heavy atom. The van der Waals surface area contributed by atoms with Crippen molar-refractivity contribution in [1.82, 2.24) is 9.97 Å². The second kappa shape index (κ2) is 10.3. The summed E-state index contributed by atoms with van der Waals surface area (Å²) in [6.45, 7) is 0.612. The zero-order valence-corrected chi connectivity index (χ0v) is 17.9. The number of halogens is 4. The average molecular weight is 488 g/mol. The summed E-state index contributed by atoms with van der Waals surface area (Å²) in [5.41, 5.74) is 5.74. The topological polar surface area (TPSA) is 120 Å². The monoisotopic (exact) mass is 488 g/mol. The predicted molar refractivity (Wildman–Crippen MR) is 111 cm³/mol. The standard InChI is InChI=1S/C18H19FN4O2S.C2HF3O2/c19-15-5-2-1-4-14(15)18-11-25-13(8-12(18)10-26-16(20)23-18)9-24-17-21-6-3-7-22-17;3-2(4,5)1(6)7/h1-7,12-13H,8-11H2,(H2,20,23);(H,6,7)/t12-,13+,18-;/m0./s1. The van der Waals surface area contributed by atoms with Crippen LogP contribution in [0.25, 0.3) is 0 Å². The van der Waals surface area contributed by atoms with E-state index in [0.717, 1.165) is 5.75 Å². The molecule has 0 saturated carbocycles. The summed E-state index contributed by atoms with van der Waals surface area (Å²) in [5.74, 6) is -2.16. The molecule has 0 amide bonds. The molecule has 2 aliphatic rings. The number of carboxylic acids is 1. The van der Waals surface area contributed by atoms with Gasteiger partial charge >= 0.3 is 18.2 Å². The Morgan fingerprint density at radius 3 is 2.58 bits per heavy atom. The smallest absolute Gasteiger partial charge is 0.475 e. The molecule has 4 rings (SSSR count). The van der Waals surface area contributed by atoms with E-state index in [1.165, 1.54) is 17.8 Å². The van der Waals surface area contributed by atoms with Crippen LogP contribution in [0.5, 0.6) is 6.01 Å². The van der Waals surface area contributed by atoms with Crippen molar-refractivity contribution >= 4 is 22.9 Å². The van der Waals surface area contributed by atoms with Gasteiger partial charge in [-0.25, -0.2) is 24.1 Å². The first-order chi connectivity index (χ1) is 15.6. The van der Waals surface area contributed by atoms with Gasteiger partial charge in [0.2, 0.25) is 0 Å². The molecule has 1 aromatic heterocycles. The Morgan fingerprint density at radius 1 is 1.27 bits per heavy atom. The van der Waals surface area contributed by atoms with Crippen LogP contribution in [0.3, 0.4) is 0 Å². The molecule has 0 aliphatic carbocycles. The van der Waals surface area contributed by atoms with Crippen molar-refractivity contribution in [3.63, 3.8) is 0 Å². The third kappa shape index (κ3) is 6.11. The van der Waals surface area contributed by atoms with E-state index < -0.39 is 17.7 Å². The van der Waals surface area contributed by atoms with Crippen LogP contribution in [-0.2, 0) is 15.1 Å². The third-order valence-corrected chi connectivity index (χ3v) is 5.98. The van der Waals surface area contributed by atoms with Gasteiger partial charge in [-0.15, -0.1) is 0 Å². The molecule has 1 fully saturated rings. The van der Waals surface area contributed by atoms with E-state index in [9.17, 15) is 17.6 Å². The predicted octanol–water partition coefficient (Wildman–Crippen LogP) is 2.99. The number of hydrogen-bond donors (Lipinski definition) is 2. The molecule has 13 heteroatoms. The molecule has 3 heterocycles. The number of aliphatic carboxylic acids is 1. The number of benzene rings is 1. The van der Waals surface area contributed by atoms with Crippen LogP contribution < -0.4 is 10.5 Å². The zero-order valence-electron chi connectivity index (χ0n) is 17.0. The maximum atomic E-state index is 14.5. The first kappa shape index (κ1) is 24.7. The molecule has 178 valence electrons. The highest BCUT2D eigenvalue weighted by atomic mass is 32.2. The molecule has 8 nitrogen and oxygen atoms in total. The van der Waals surface area contributed by atoms with Gasteiger partial charge in [-0.05, 0) is 18.6 Å². The molecule has 2 aliphatic heterocycles. The van der Waals surface area contributed by atoms with Gasteiger partial charge < -0.3 is 20.3 Å².